The molecule has 0 aliphatic heterocycles. The summed E-state index contributed by atoms with van der Waals surface area (Å²) in [4.78, 5) is 27.0. The number of aromatic nitrogens is 1. The van der Waals surface area contributed by atoms with Crippen molar-refractivity contribution in [3.8, 4) is 0 Å². The largest absolute Gasteiger partial charge is 0.355 e. The molecule has 122 valence electrons. The third kappa shape index (κ3) is 2.99. The number of rotatable bonds is 3. The first kappa shape index (κ1) is 15.7. The number of hydrogen-bond acceptors (Lipinski definition) is 2. The van der Waals surface area contributed by atoms with Gasteiger partial charge in [0.15, 0.2) is 0 Å². The maximum absolute atomic E-state index is 13.2. The summed E-state index contributed by atoms with van der Waals surface area (Å²) in [5.41, 5.74) is 2.93. The first-order valence-electron chi connectivity index (χ1n) is 7.40. The Morgan fingerprint density at radius 3 is 2.54 bits per heavy atom. The Bertz CT molecular complexity index is 947. The van der Waals surface area contributed by atoms with Gasteiger partial charge in [-0.2, -0.15) is 0 Å². The lowest BCUT2D eigenvalue weighted by Crippen LogP contribution is -2.18. The van der Waals surface area contributed by atoms with Gasteiger partial charge in [-0.05, 0) is 55.0 Å². The van der Waals surface area contributed by atoms with Gasteiger partial charge < -0.3 is 15.6 Å². The molecule has 0 spiro atoms. The highest BCUT2D eigenvalue weighted by atomic mass is 19.1. The molecule has 0 fully saturated rings. The molecule has 0 bridgehead atoms. The van der Waals surface area contributed by atoms with E-state index in [-0.39, 0.29) is 17.6 Å². The van der Waals surface area contributed by atoms with Crippen LogP contribution in [-0.2, 0) is 0 Å². The molecule has 3 N–H and O–H groups in total. The molecule has 0 unspecified atom stereocenters. The molecule has 3 rings (SSSR count). The molecule has 3 aromatic rings. The SMILES string of the molecule is CNC(=O)c1ccc(NC(=O)c2cc3cc(F)ccc3[nH]2)c(C)c1. The molecule has 0 aliphatic rings. The van der Waals surface area contributed by atoms with Crippen molar-refractivity contribution in [3.05, 3.63) is 65.1 Å². The van der Waals surface area contributed by atoms with Gasteiger partial charge in [-0.1, -0.05) is 0 Å². The number of amides is 2. The fourth-order valence-electron chi connectivity index (χ4n) is 2.50. The number of benzene rings is 2. The fraction of sp³-hybridized carbons (Fsp3) is 0.111. The lowest BCUT2D eigenvalue weighted by atomic mass is 10.1. The third-order valence-corrected chi connectivity index (χ3v) is 3.79. The lowest BCUT2D eigenvalue weighted by molar-refractivity contribution is 0.0962. The van der Waals surface area contributed by atoms with E-state index >= 15 is 0 Å². The molecule has 1 heterocycles. The maximum Gasteiger partial charge on any atom is 0.272 e. The highest BCUT2D eigenvalue weighted by Gasteiger charge is 2.12. The van der Waals surface area contributed by atoms with Crippen molar-refractivity contribution in [1.29, 1.82) is 0 Å². The first-order valence-corrected chi connectivity index (χ1v) is 7.40. The summed E-state index contributed by atoms with van der Waals surface area (Å²) in [6.45, 7) is 1.81. The molecule has 0 radical (unpaired) electrons. The van der Waals surface area contributed by atoms with Crippen LogP contribution >= 0.6 is 0 Å². The summed E-state index contributed by atoms with van der Waals surface area (Å²) < 4.78 is 13.2. The summed E-state index contributed by atoms with van der Waals surface area (Å²) in [7, 11) is 1.56. The Morgan fingerprint density at radius 2 is 1.83 bits per heavy atom. The Kier molecular flexibility index (Phi) is 4.04. The smallest absolute Gasteiger partial charge is 0.272 e. The fourth-order valence-corrected chi connectivity index (χ4v) is 2.50. The Hall–Kier alpha value is -3.15. The van der Waals surface area contributed by atoms with Crippen LogP contribution in [0.5, 0.6) is 0 Å². The molecular weight excluding hydrogens is 309 g/mol. The summed E-state index contributed by atoms with van der Waals surface area (Å²) in [5.74, 6) is -0.870. The van der Waals surface area contributed by atoms with Crippen LogP contribution in [0.25, 0.3) is 10.9 Å². The number of fused-ring (bicyclic) bond motifs is 1. The molecular formula is C18H16FN3O2. The molecule has 0 saturated heterocycles. The summed E-state index contributed by atoms with van der Waals surface area (Å²) in [6, 6.07) is 10.9. The van der Waals surface area contributed by atoms with E-state index in [0.29, 0.717) is 27.8 Å². The van der Waals surface area contributed by atoms with Crippen LogP contribution in [0, 0.1) is 12.7 Å². The standard InChI is InChI=1S/C18H16FN3O2/c1-10-7-11(17(23)20-2)3-5-14(10)22-18(24)16-9-12-8-13(19)4-6-15(12)21-16/h3-9,21H,1-2H3,(H,20,23)(H,22,24). The molecule has 24 heavy (non-hydrogen) atoms. The second-order valence-electron chi connectivity index (χ2n) is 5.48. The Labute approximate surface area is 137 Å². The minimum absolute atomic E-state index is 0.186. The van der Waals surface area contributed by atoms with Crippen LogP contribution in [0.1, 0.15) is 26.4 Å². The van der Waals surface area contributed by atoms with E-state index in [1.54, 1.807) is 37.4 Å². The first-order chi connectivity index (χ1) is 11.5. The zero-order chi connectivity index (χ0) is 17.3. The molecule has 0 saturated carbocycles. The monoisotopic (exact) mass is 325 g/mol. The number of carbonyl (C=O) groups is 2. The number of hydrogen-bond donors (Lipinski definition) is 3. The number of halogens is 1. The van der Waals surface area contributed by atoms with Crippen molar-refractivity contribution in [1.82, 2.24) is 10.3 Å². The number of H-pyrrole nitrogens is 1. The predicted molar refractivity (Wildman–Crippen MR) is 90.8 cm³/mol. The topological polar surface area (TPSA) is 74.0 Å². The van der Waals surface area contributed by atoms with Crippen LogP contribution in [0.2, 0.25) is 0 Å². The van der Waals surface area contributed by atoms with E-state index in [4.69, 9.17) is 0 Å². The molecule has 2 aromatic carbocycles. The molecule has 0 atom stereocenters. The second kappa shape index (κ2) is 6.16. The quantitative estimate of drug-likeness (QED) is 0.692. The Morgan fingerprint density at radius 1 is 1.04 bits per heavy atom. The molecule has 1 aromatic heterocycles. The lowest BCUT2D eigenvalue weighted by Gasteiger charge is -2.09. The summed E-state index contributed by atoms with van der Waals surface area (Å²) in [6.07, 6.45) is 0. The van der Waals surface area contributed by atoms with Crippen LogP contribution in [-0.4, -0.2) is 23.8 Å². The average molecular weight is 325 g/mol. The molecule has 2 amide bonds. The minimum atomic E-state index is -0.353. The second-order valence-corrected chi connectivity index (χ2v) is 5.48. The van der Waals surface area contributed by atoms with E-state index < -0.39 is 0 Å². The van der Waals surface area contributed by atoms with Crippen molar-refractivity contribution in [2.75, 3.05) is 12.4 Å². The normalized spacial score (nSPS) is 10.6. The number of nitrogens with one attached hydrogen (secondary N) is 3. The van der Waals surface area contributed by atoms with Gasteiger partial charge >= 0.3 is 0 Å². The van der Waals surface area contributed by atoms with Gasteiger partial charge in [0.1, 0.15) is 11.5 Å². The molecule has 5 nitrogen and oxygen atoms in total. The molecule has 0 aliphatic carbocycles. The van der Waals surface area contributed by atoms with E-state index in [0.717, 1.165) is 5.56 Å². The van der Waals surface area contributed by atoms with Gasteiger partial charge in [0, 0.05) is 29.2 Å². The van der Waals surface area contributed by atoms with Crippen LogP contribution < -0.4 is 10.6 Å². The highest BCUT2D eigenvalue weighted by molar-refractivity contribution is 6.06. The number of anilines is 1. The van der Waals surface area contributed by atoms with Gasteiger partial charge in [-0.15, -0.1) is 0 Å². The predicted octanol–water partition coefficient (Wildman–Crippen LogP) is 3.23. The van der Waals surface area contributed by atoms with Crippen LogP contribution in [0.15, 0.2) is 42.5 Å². The van der Waals surface area contributed by atoms with Crippen molar-refractivity contribution in [3.63, 3.8) is 0 Å². The Balaban J connectivity index is 1.84. The van der Waals surface area contributed by atoms with Gasteiger partial charge in [0.2, 0.25) is 0 Å². The zero-order valence-electron chi connectivity index (χ0n) is 13.2. The number of aromatic amines is 1. The van der Waals surface area contributed by atoms with E-state index in [2.05, 4.69) is 15.6 Å². The van der Waals surface area contributed by atoms with Crippen molar-refractivity contribution >= 4 is 28.4 Å². The van der Waals surface area contributed by atoms with E-state index in [1.807, 2.05) is 6.92 Å². The van der Waals surface area contributed by atoms with Crippen LogP contribution in [0.3, 0.4) is 0 Å². The van der Waals surface area contributed by atoms with E-state index in [1.165, 1.54) is 12.1 Å². The van der Waals surface area contributed by atoms with Crippen molar-refractivity contribution in [2.45, 2.75) is 6.92 Å². The van der Waals surface area contributed by atoms with Crippen molar-refractivity contribution in [2.24, 2.45) is 0 Å². The average Bonchev–Trinajstić information content (AvgIpc) is 2.99. The zero-order valence-corrected chi connectivity index (χ0v) is 13.2. The highest BCUT2D eigenvalue weighted by Crippen LogP contribution is 2.20. The molecule has 6 heteroatoms. The van der Waals surface area contributed by atoms with Crippen LogP contribution in [0.4, 0.5) is 10.1 Å². The van der Waals surface area contributed by atoms with Gasteiger partial charge in [0.25, 0.3) is 11.8 Å². The number of aryl methyl sites for hydroxylation is 1. The number of carbonyl (C=O) groups excluding carboxylic acids is 2. The third-order valence-electron chi connectivity index (χ3n) is 3.79. The van der Waals surface area contributed by atoms with Crippen molar-refractivity contribution < 1.29 is 14.0 Å². The van der Waals surface area contributed by atoms with Gasteiger partial charge in [0.05, 0.1) is 0 Å². The maximum atomic E-state index is 13.2. The minimum Gasteiger partial charge on any atom is -0.355 e. The van der Waals surface area contributed by atoms with Gasteiger partial charge in [-0.3, -0.25) is 9.59 Å². The van der Waals surface area contributed by atoms with Gasteiger partial charge in [-0.25, -0.2) is 4.39 Å². The van der Waals surface area contributed by atoms with E-state index in [9.17, 15) is 14.0 Å². The summed E-state index contributed by atoms with van der Waals surface area (Å²) in [5, 5.41) is 5.97. The summed E-state index contributed by atoms with van der Waals surface area (Å²) >= 11 is 0.